The van der Waals surface area contributed by atoms with Crippen molar-refractivity contribution in [2.75, 3.05) is 19.0 Å². The number of benzene rings is 1. The molecule has 2 amide bonds. The van der Waals surface area contributed by atoms with Crippen LogP contribution in [0, 0.1) is 0 Å². The van der Waals surface area contributed by atoms with Gasteiger partial charge in [-0.15, -0.1) is 0 Å². The molecule has 10 heteroatoms. The van der Waals surface area contributed by atoms with Crippen LogP contribution < -0.4 is 20.5 Å². The number of hydrogen-bond donors (Lipinski definition) is 2. The van der Waals surface area contributed by atoms with Gasteiger partial charge in [0.2, 0.25) is 0 Å². The molecule has 2 aromatic heterocycles. The Bertz CT molecular complexity index is 1070. The van der Waals surface area contributed by atoms with Crippen molar-refractivity contribution in [1.29, 1.82) is 0 Å². The van der Waals surface area contributed by atoms with Gasteiger partial charge < -0.3 is 20.5 Å². The number of nitrogens with two attached hydrogens (primary N) is 1. The minimum Gasteiger partial charge on any atom is -0.493 e. The number of rotatable bonds is 8. The molecule has 0 spiro atoms. The molecular formula is C20H17ClN4O4S. The van der Waals surface area contributed by atoms with Crippen molar-refractivity contribution in [2.45, 2.75) is 10.1 Å². The zero-order valence-electron chi connectivity index (χ0n) is 15.8. The summed E-state index contributed by atoms with van der Waals surface area (Å²) in [7, 11) is 1.40. The van der Waals surface area contributed by atoms with Crippen LogP contribution in [0.5, 0.6) is 11.5 Å². The molecule has 1 aromatic carbocycles. The smallest absolute Gasteiger partial charge is 0.255 e. The molecular weight excluding hydrogens is 428 g/mol. The van der Waals surface area contributed by atoms with Gasteiger partial charge in [-0.25, -0.2) is 9.97 Å². The van der Waals surface area contributed by atoms with Crippen molar-refractivity contribution >= 4 is 40.9 Å². The zero-order chi connectivity index (χ0) is 21.5. The monoisotopic (exact) mass is 444 g/mol. The first kappa shape index (κ1) is 21.4. The number of pyridine rings is 2. The third-order valence-electron chi connectivity index (χ3n) is 3.69. The third-order valence-corrected chi connectivity index (χ3v) is 4.85. The molecule has 0 atom stereocenters. The minimum atomic E-state index is -0.660. The molecule has 0 fully saturated rings. The average molecular weight is 445 g/mol. The van der Waals surface area contributed by atoms with Crippen LogP contribution in [0.1, 0.15) is 10.4 Å². The number of carbonyl (C=O) groups excluding carboxylic acids is 2. The van der Waals surface area contributed by atoms with E-state index in [0.29, 0.717) is 10.7 Å². The lowest BCUT2D eigenvalue weighted by atomic mass is 10.2. The standard InChI is InChI=1S/C20H17ClN4O4S/c1-28-15-9-12(8-14(21)19(15)29-11-16(22)26)20(27)25-13-5-7-24-18(10-13)30-17-4-2-3-6-23-17/h2-10H,11H2,1H3,(H2,22,26)(H,24,25,27). The van der Waals surface area contributed by atoms with Crippen LogP contribution in [0.4, 0.5) is 5.69 Å². The number of nitrogens with zero attached hydrogens (tertiary/aromatic N) is 2. The number of primary amides is 1. The van der Waals surface area contributed by atoms with E-state index in [9.17, 15) is 9.59 Å². The Morgan fingerprint density at radius 2 is 1.93 bits per heavy atom. The summed E-state index contributed by atoms with van der Waals surface area (Å²) in [5.74, 6) is -0.730. The maximum atomic E-state index is 12.7. The van der Waals surface area contributed by atoms with Crippen LogP contribution in [0.15, 0.2) is 64.9 Å². The molecule has 3 N–H and O–H groups in total. The summed E-state index contributed by atoms with van der Waals surface area (Å²) in [5, 5.41) is 4.37. The summed E-state index contributed by atoms with van der Waals surface area (Å²) >= 11 is 7.58. The Hall–Kier alpha value is -3.30. The molecule has 3 aromatic rings. The van der Waals surface area contributed by atoms with Gasteiger partial charge in [0.05, 0.1) is 12.1 Å². The number of hydrogen-bond acceptors (Lipinski definition) is 7. The van der Waals surface area contributed by atoms with Crippen LogP contribution in [-0.2, 0) is 4.79 Å². The van der Waals surface area contributed by atoms with Gasteiger partial charge in [0, 0.05) is 23.6 Å². The summed E-state index contributed by atoms with van der Waals surface area (Å²) in [6, 6.07) is 11.9. The fraction of sp³-hybridized carbons (Fsp3) is 0.100. The van der Waals surface area contributed by atoms with Crippen molar-refractivity contribution < 1.29 is 19.1 Å². The highest BCUT2D eigenvalue weighted by Crippen LogP contribution is 2.36. The number of methoxy groups -OCH3 is 1. The first-order chi connectivity index (χ1) is 14.5. The maximum Gasteiger partial charge on any atom is 0.255 e. The van der Waals surface area contributed by atoms with E-state index in [1.807, 2.05) is 18.2 Å². The Kier molecular flexibility index (Phi) is 7.10. The topological polar surface area (TPSA) is 116 Å². The van der Waals surface area contributed by atoms with E-state index >= 15 is 0 Å². The highest BCUT2D eigenvalue weighted by molar-refractivity contribution is 7.99. The number of aromatic nitrogens is 2. The van der Waals surface area contributed by atoms with Gasteiger partial charge in [0.15, 0.2) is 18.1 Å². The first-order valence-electron chi connectivity index (χ1n) is 8.61. The Morgan fingerprint density at radius 1 is 1.13 bits per heavy atom. The van der Waals surface area contributed by atoms with Crippen LogP contribution in [0.3, 0.4) is 0 Å². The van der Waals surface area contributed by atoms with E-state index in [-0.39, 0.29) is 28.7 Å². The second-order valence-corrected chi connectivity index (χ2v) is 7.30. The highest BCUT2D eigenvalue weighted by atomic mass is 35.5. The Balaban J connectivity index is 1.76. The van der Waals surface area contributed by atoms with E-state index in [1.165, 1.54) is 31.0 Å². The fourth-order valence-electron chi connectivity index (χ4n) is 2.40. The SMILES string of the molecule is COc1cc(C(=O)Nc2ccnc(Sc3ccccn3)c2)cc(Cl)c1OCC(N)=O. The van der Waals surface area contributed by atoms with Crippen molar-refractivity contribution in [3.63, 3.8) is 0 Å². The zero-order valence-corrected chi connectivity index (χ0v) is 17.4. The number of carbonyl (C=O) groups is 2. The normalized spacial score (nSPS) is 10.3. The number of ether oxygens (including phenoxy) is 2. The molecule has 0 saturated carbocycles. The quantitative estimate of drug-likeness (QED) is 0.546. The molecule has 0 radical (unpaired) electrons. The molecule has 0 aliphatic heterocycles. The van der Waals surface area contributed by atoms with Gasteiger partial charge in [-0.3, -0.25) is 9.59 Å². The Morgan fingerprint density at radius 3 is 2.63 bits per heavy atom. The largest absolute Gasteiger partial charge is 0.493 e. The summed E-state index contributed by atoms with van der Waals surface area (Å²) < 4.78 is 10.5. The van der Waals surface area contributed by atoms with Crippen molar-refractivity contribution in [3.8, 4) is 11.5 Å². The van der Waals surface area contributed by atoms with Crippen molar-refractivity contribution in [3.05, 3.63) is 65.4 Å². The van der Waals surface area contributed by atoms with Crippen LogP contribution >= 0.6 is 23.4 Å². The molecule has 0 unspecified atom stereocenters. The van der Waals surface area contributed by atoms with E-state index in [4.69, 9.17) is 26.8 Å². The van der Waals surface area contributed by atoms with E-state index in [2.05, 4.69) is 15.3 Å². The number of amides is 2. The number of nitrogens with one attached hydrogen (secondary N) is 1. The second-order valence-electron chi connectivity index (χ2n) is 5.85. The molecule has 3 rings (SSSR count). The van der Waals surface area contributed by atoms with E-state index in [1.54, 1.807) is 24.5 Å². The minimum absolute atomic E-state index is 0.113. The molecule has 0 saturated heterocycles. The third kappa shape index (κ3) is 5.62. The first-order valence-corrected chi connectivity index (χ1v) is 9.80. The van der Waals surface area contributed by atoms with Crippen LogP contribution in [0.2, 0.25) is 5.02 Å². The van der Waals surface area contributed by atoms with Gasteiger partial charge in [-0.1, -0.05) is 29.4 Å². The summed E-state index contributed by atoms with van der Waals surface area (Å²) in [6.45, 7) is -0.366. The summed E-state index contributed by atoms with van der Waals surface area (Å²) in [6.07, 6.45) is 3.29. The maximum absolute atomic E-state index is 12.7. The number of halogens is 1. The number of anilines is 1. The van der Waals surface area contributed by atoms with Gasteiger partial charge in [-0.2, -0.15) is 0 Å². The van der Waals surface area contributed by atoms with Crippen molar-refractivity contribution in [1.82, 2.24) is 9.97 Å². The summed E-state index contributed by atoms with van der Waals surface area (Å²) in [4.78, 5) is 32.2. The molecule has 154 valence electrons. The molecule has 30 heavy (non-hydrogen) atoms. The van der Waals surface area contributed by atoms with Gasteiger partial charge >= 0.3 is 0 Å². The van der Waals surface area contributed by atoms with Crippen LogP contribution in [-0.4, -0.2) is 35.5 Å². The predicted molar refractivity (Wildman–Crippen MR) is 113 cm³/mol. The molecule has 0 aliphatic carbocycles. The molecule has 0 bridgehead atoms. The lowest BCUT2D eigenvalue weighted by molar-refractivity contribution is -0.119. The molecule has 8 nitrogen and oxygen atoms in total. The van der Waals surface area contributed by atoms with Gasteiger partial charge in [0.25, 0.3) is 11.8 Å². The lowest BCUT2D eigenvalue weighted by Gasteiger charge is -2.13. The predicted octanol–water partition coefficient (Wildman–Crippen LogP) is 3.41. The van der Waals surface area contributed by atoms with Crippen LogP contribution in [0.25, 0.3) is 0 Å². The Labute approximate surface area is 181 Å². The molecule has 0 aliphatic rings. The summed E-state index contributed by atoms with van der Waals surface area (Å²) in [5.41, 5.74) is 5.89. The van der Waals surface area contributed by atoms with E-state index < -0.39 is 11.8 Å². The average Bonchev–Trinajstić information content (AvgIpc) is 2.73. The van der Waals surface area contributed by atoms with Gasteiger partial charge in [-0.05, 0) is 36.4 Å². The lowest BCUT2D eigenvalue weighted by Crippen LogP contribution is -2.20. The second kappa shape index (κ2) is 9.95. The van der Waals surface area contributed by atoms with Crippen molar-refractivity contribution in [2.24, 2.45) is 5.73 Å². The van der Waals surface area contributed by atoms with Gasteiger partial charge in [0.1, 0.15) is 10.1 Å². The molecule has 2 heterocycles. The highest BCUT2D eigenvalue weighted by Gasteiger charge is 2.17. The fourth-order valence-corrected chi connectivity index (χ4v) is 3.43. The van der Waals surface area contributed by atoms with E-state index in [0.717, 1.165) is 5.03 Å².